The van der Waals surface area contributed by atoms with Crippen LogP contribution in [0.2, 0.25) is 0 Å². The molecule has 0 unspecified atom stereocenters. The van der Waals surface area contributed by atoms with Crippen LogP contribution in [0.5, 0.6) is 0 Å². The van der Waals surface area contributed by atoms with E-state index < -0.39 is 5.91 Å². The van der Waals surface area contributed by atoms with E-state index in [2.05, 4.69) is 31.6 Å². The molecule has 1 aliphatic heterocycles. The number of carbonyl (C=O) groups excluding carboxylic acids is 1. The van der Waals surface area contributed by atoms with Gasteiger partial charge in [-0.3, -0.25) is 9.59 Å². The molecular weight excluding hydrogens is 583 g/mol. The minimum atomic E-state index is -0.554. The molecule has 222 valence electrons. The molecule has 1 aromatic carbocycles. The van der Waals surface area contributed by atoms with Crippen molar-refractivity contribution in [3.63, 3.8) is 0 Å². The highest BCUT2D eigenvalue weighted by molar-refractivity contribution is 7.28. The molecule has 0 radical (unpaired) electrons. The van der Waals surface area contributed by atoms with E-state index in [0.29, 0.717) is 36.5 Å². The van der Waals surface area contributed by atoms with E-state index in [4.69, 9.17) is 15.5 Å². The number of H-pyrrole nitrogens is 1. The lowest BCUT2D eigenvalue weighted by Crippen LogP contribution is -2.68. The third-order valence-electron chi connectivity index (χ3n) is 8.37. The maximum atomic E-state index is 13.2. The quantitative estimate of drug-likeness (QED) is 0.180. The topological polar surface area (TPSA) is 153 Å². The Balaban J connectivity index is 1.28. The lowest BCUT2D eigenvalue weighted by Gasteiger charge is -2.28. The number of hydrogen-bond donors (Lipinski definition) is 5. The summed E-state index contributed by atoms with van der Waals surface area (Å²) in [7, 11) is 0. The van der Waals surface area contributed by atoms with E-state index in [1.54, 1.807) is 29.5 Å². The molecule has 2 atom stereocenters. The van der Waals surface area contributed by atoms with Crippen molar-refractivity contribution in [1.82, 2.24) is 9.97 Å². The zero-order valence-electron chi connectivity index (χ0n) is 23.7. The van der Waals surface area contributed by atoms with Gasteiger partial charge in [-0.1, -0.05) is 6.42 Å². The maximum absolute atomic E-state index is 13.2. The summed E-state index contributed by atoms with van der Waals surface area (Å²) in [5.41, 5.74) is 14.1. The second kappa shape index (κ2) is 11.6. The van der Waals surface area contributed by atoms with Crippen LogP contribution in [0.15, 0.2) is 52.8 Å². The smallest absolute Gasteiger partial charge is 0.252 e. The summed E-state index contributed by atoms with van der Waals surface area (Å²) in [4.78, 5) is 36.0. The van der Waals surface area contributed by atoms with Gasteiger partial charge >= 0.3 is 0 Å². The first-order valence-electron chi connectivity index (χ1n) is 14.6. The van der Waals surface area contributed by atoms with Crippen LogP contribution in [0.25, 0.3) is 31.4 Å². The number of amides is 1. The first kappa shape index (κ1) is 27.8. The van der Waals surface area contributed by atoms with Crippen LogP contribution in [0.1, 0.15) is 36.0 Å². The van der Waals surface area contributed by atoms with Crippen LogP contribution in [0.3, 0.4) is 0 Å². The lowest BCUT2D eigenvalue weighted by molar-refractivity contribution is -0.427. The standard InChI is InChI=1S/C31H33N7O3S2/c32-22-3-1-2-4-23(22)36-25-6-5-19(30(33)40)31(37-25)35-18-13-17-7-8-34-27(17)20(14-18)21-16-42-29-24(39)15-26(43-28(21)29)38-9-11-41-12-10-38/h5-8,13-16,22-23,34H,1-4,9-12,32H2,(H2,33,40)(H2,35,36,37)/p+1/t22-,23+/m1/s1. The molecule has 1 aliphatic carbocycles. The van der Waals surface area contributed by atoms with E-state index in [1.165, 1.54) is 17.8 Å². The van der Waals surface area contributed by atoms with Gasteiger partial charge in [0.2, 0.25) is 0 Å². The number of ether oxygens (including phenoxy) is 1. The van der Waals surface area contributed by atoms with Gasteiger partial charge in [0.15, 0.2) is 5.43 Å². The molecule has 7 rings (SSSR count). The van der Waals surface area contributed by atoms with E-state index in [0.717, 1.165) is 74.5 Å². The van der Waals surface area contributed by atoms with Crippen molar-refractivity contribution in [2.45, 2.75) is 37.8 Å². The number of nitrogens with one attached hydrogen (secondary N) is 3. The van der Waals surface area contributed by atoms with Gasteiger partial charge in [-0.25, -0.2) is 4.98 Å². The summed E-state index contributed by atoms with van der Waals surface area (Å²) in [6, 6.07) is 11.9. The summed E-state index contributed by atoms with van der Waals surface area (Å²) < 4.78 is 7.24. The number of benzene rings is 1. The molecule has 12 heteroatoms. The predicted octanol–water partition coefficient (Wildman–Crippen LogP) is 4.51. The zero-order chi connectivity index (χ0) is 29.5. The van der Waals surface area contributed by atoms with Crippen LogP contribution in [-0.2, 0) is 4.74 Å². The van der Waals surface area contributed by atoms with Crippen molar-refractivity contribution in [3.05, 3.63) is 63.8 Å². The van der Waals surface area contributed by atoms with Crippen LogP contribution in [0.4, 0.5) is 22.3 Å². The van der Waals surface area contributed by atoms with E-state index in [9.17, 15) is 9.59 Å². The monoisotopic (exact) mass is 616 g/mol. The van der Waals surface area contributed by atoms with Crippen molar-refractivity contribution in [2.75, 3.05) is 41.8 Å². The highest BCUT2D eigenvalue weighted by Crippen LogP contribution is 2.42. The first-order chi connectivity index (χ1) is 20.9. The van der Waals surface area contributed by atoms with Crippen LogP contribution in [0, 0.1) is 0 Å². The fraction of sp³-hybridized carbons (Fsp3) is 0.323. The largest absolute Gasteiger partial charge is 0.378 e. The van der Waals surface area contributed by atoms with Gasteiger partial charge in [0.05, 0.1) is 44.7 Å². The molecule has 1 saturated carbocycles. The number of pyridine rings is 1. The number of rotatable bonds is 7. The summed E-state index contributed by atoms with van der Waals surface area (Å²) in [6.45, 7) is 2.84. The highest BCUT2D eigenvalue weighted by Gasteiger charge is 2.25. The van der Waals surface area contributed by atoms with Crippen molar-refractivity contribution in [3.8, 4) is 11.1 Å². The minimum Gasteiger partial charge on any atom is -0.378 e. The Hall–Kier alpha value is -3.97. The number of morpholine rings is 1. The third-order valence-corrected chi connectivity index (χ3v) is 10.7. The van der Waals surface area contributed by atoms with Crippen molar-refractivity contribution in [1.29, 1.82) is 0 Å². The fourth-order valence-corrected chi connectivity index (χ4v) is 8.45. The predicted molar refractivity (Wildman–Crippen MR) is 175 cm³/mol. The third kappa shape index (κ3) is 5.47. The Bertz CT molecular complexity index is 1870. The molecular formula is C31H34N7O3S2+. The van der Waals surface area contributed by atoms with Crippen LogP contribution >= 0.6 is 22.7 Å². The zero-order valence-corrected chi connectivity index (χ0v) is 25.3. The number of aromatic amines is 1. The Labute approximate surface area is 256 Å². The number of quaternary nitrogens is 1. The Morgan fingerprint density at radius 1 is 1.09 bits per heavy atom. The number of primary amides is 1. The molecule has 1 saturated heterocycles. The van der Waals surface area contributed by atoms with Crippen molar-refractivity contribution in [2.24, 2.45) is 5.73 Å². The highest BCUT2D eigenvalue weighted by atomic mass is 32.1. The molecule has 8 N–H and O–H groups in total. The van der Waals surface area contributed by atoms with Gasteiger partial charge < -0.3 is 36.7 Å². The molecule has 1 amide bonds. The number of aromatic nitrogens is 2. The molecule has 2 aliphatic rings. The Morgan fingerprint density at radius 3 is 2.74 bits per heavy atom. The van der Waals surface area contributed by atoms with Gasteiger partial charge in [0.1, 0.15) is 17.7 Å². The van der Waals surface area contributed by atoms with Gasteiger partial charge in [0, 0.05) is 59.4 Å². The molecule has 4 aromatic heterocycles. The van der Waals surface area contributed by atoms with Gasteiger partial charge in [-0.2, -0.15) is 0 Å². The van der Waals surface area contributed by atoms with Crippen LogP contribution < -0.4 is 32.4 Å². The Morgan fingerprint density at radius 2 is 1.93 bits per heavy atom. The molecule has 0 bridgehead atoms. The van der Waals surface area contributed by atoms with Crippen LogP contribution in [-0.4, -0.2) is 54.3 Å². The van der Waals surface area contributed by atoms with Crippen molar-refractivity contribution >= 4 is 71.2 Å². The van der Waals surface area contributed by atoms with Gasteiger partial charge in [0.25, 0.3) is 5.91 Å². The lowest BCUT2D eigenvalue weighted by atomic mass is 9.91. The average molecular weight is 617 g/mol. The summed E-state index contributed by atoms with van der Waals surface area (Å²) in [5, 5.41) is 10.9. The first-order valence-corrected chi connectivity index (χ1v) is 16.3. The summed E-state index contributed by atoms with van der Waals surface area (Å²) in [5.74, 6) is 0.519. The van der Waals surface area contributed by atoms with E-state index >= 15 is 0 Å². The number of carbonyl (C=O) groups is 1. The summed E-state index contributed by atoms with van der Waals surface area (Å²) in [6.07, 6.45) is 6.39. The number of fused-ring (bicyclic) bond motifs is 2. The molecule has 0 spiro atoms. The van der Waals surface area contributed by atoms with E-state index in [-0.39, 0.29) is 11.5 Å². The normalized spacial score (nSPS) is 19.1. The number of hydrogen-bond acceptors (Lipinski definition) is 9. The average Bonchev–Trinajstić information content (AvgIpc) is 3.66. The van der Waals surface area contributed by atoms with E-state index in [1.807, 2.05) is 24.4 Å². The second-order valence-corrected chi connectivity index (χ2v) is 13.1. The Kier molecular flexibility index (Phi) is 7.51. The SMILES string of the molecule is NC(=O)c1ccc(N[C@H]2CCCC[C@H]2[NH3+])nc1Nc1cc(-c2csc3c(=O)cc(N4CCOCC4)sc23)c2[nH]ccc2c1. The molecule has 2 fully saturated rings. The molecule has 43 heavy (non-hydrogen) atoms. The summed E-state index contributed by atoms with van der Waals surface area (Å²) >= 11 is 3.11. The van der Waals surface area contributed by atoms with Gasteiger partial charge in [-0.05, 0) is 43.2 Å². The second-order valence-electron chi connectivity index (χ2n) is 11.2. The molecule has 5 aromatic rings. The molecule has 10 nitrogen and oxygen atoms in total. The van der Waals surface area contributed by atoms with Crippen molar-refractivity contribution < 1.29 is 15.3 Å². The minimum absolute atomic E-state index is 0.0330. The number of nitrogens with two attached hydrogens (primary N) is 1. The fourth-order valence-electron chi connectivity index (χ4n) is 6.07. The number of anilines is 4. The molecule has 5 heterocycles. The number of thiophene rings is 1. The van der Waals surface area contributed by atoms with Gasteiger partial charge in [-0.15, -0.1) is 22.7 Å². The number of nitrogens with zero attached hydrogens (tertiary/aromatic N) is 2. The maximum Gasteiger partial charge on any atom is 0.252 e.